The standard InChI is InChI=1S/C23H24BrN3O2/c1-15-7-12-21-16(13-15)14-20(22(28)25-18-5-3-2-4-6-18)23(29-21)27-26-19-10-8-17(24)9-11-19/h7-14,18,26H,2-6H2,1H3,(H,25,28). The van der Waals surface area contributed by atoms with Crippen LogP contribution in [0.5, 0.6) is 0 Å². The van der Waals surface area contributed by atoms with Gasteiger partial charge in [0.25, 0.3) is 5.91 Å². The smallest absolute Gasteiger partial charge is 0.257 e. The van der Waals surface area contributed by atoms with Gasteiger partial charge in [0, 0.05) is 15.9 Å². The Balaban J connectivity index is 1.70. The molecule has 4 rings (SSSR count). The maximum atomic E-state index is 13.1. The van der Waals surface area contributed by atoms with Crippen LogP contribution in [-0.4, -0.2) is 11.9 Å². The second kappa shape index (κ2) is 8.82. The molecule has 0 atom stereocenters. The summed E-state index contributed by atoms with van der Waals surface area (Å²) >= 11 is 3.42. The molecular formula is C23H24BrN3O2. The Morgan fingerprint density at radius 2 is 1.83 bits per heavy atom. The van der Waals surface area contributed by atoms with Crippen LogP contribution in [0.4, 0.5) is 5.69 Å². The van der Waals surface area contributed by atoms with Gasteiger partial charge in [-0.1, -0.05) is 46.8 Å². The number of nitrogens with one attached hydrogen (secondary N) is 2. The minimum absolute atomic E-state index is 0.139. The van der Waals surface area contributed by atoms with E-state index >= 15 is 0 Å². The maximum absolute atomic E-state index is 13.1. The molecule has 1 fully saturated rings. The van der Waals surface area contributed by atoms with Crippen LogP contribution in [0.25, 0.3) is 11.0 Å². The number of hydrogen-bond donors (Lipinski definition) is 2. The number of hydrogen-bond acceptors (Lipinski definition) is 4. The molecule has 29 heavy (non-hydrogen) atoms. The fourth-order valence-corrected chi connectivity index (χ4v) is 3.91. The van der Waals surface area contributed by atoms with Gasteiger partial charge in [0.05, 0.1) is 5.69 Å². The third-order valence-electron chi connectivity index (χ3n) is 5.22. The molecule has 6 heteroatoms. The summed E-state index contributed by atoms with van der Waals surface area (Å²) in [4.78, 5) is 13.1. The average Bonchev–Trinajstić information content (AvgIpc) is 2.73. The van der Waals surface area contributed by atoms with Gasteiger partial charge >= 0.3 is 0 Å². The van der Waals surface area contributed by atoms with Gasteiger partial charge in [0.2, 0.25) is 5.55 Å². The highest BCUT2D eigenvalue weighted by Crippen LogP contribution is 2.19. The van der Waals surface area contributed by atoms with E-state index in [4.69, 9.17) is 4.42 Å². The first-order valence-corrected chi connectivity index (χ1v) is 10.8. The fraction of sp³-hybridized carbons (Fsp3) is 0.304. The number of anilines is 1. The van der Waals surface area contributed by atoms with E-state index in [0.29, 0.717) is 11.1 Å². The molecular weight excluding hydrogens is 430 g/mol. The zero-order chi connectivity index (χ0) is 20.2. The van der Waals surface area contributed by atoms with E-state index in [-0.39, 0.29) is 17.5 Å². The summed E-state index contributed by atoms with van der Waals surface area (Å²) in [6.07, 6.45) is 5.62. The number of carbonyl (C=O) groups is 1. The van der Waals surface area contributed by atoms with Crippen LogP contribution in [0.1, 0.15) is 48.0 Å². The van der Waals surface area contributed by atoms with E-state index in [1.54, 1.807) is 0 Å². The number of amides is 1. The highest BCUT2D eigenvalue weighted by atomic mass is 79.9. The van der Waals surface area contributed by atoms with Crippen LogP contribution in [0, 0.1) is 6.92 Å². The normalized spacial score (nSPS) is 15.4. The monoisotopic (exact) mass is 453 g/mol. The lowest BCUT2D eigenvalue weighted by molar-refractivity contribution is 0.0923. The van der Waals surface area contributed by atoms with E-state index < -0.39 is 0 Å². The van der Waals surface area contributed by atoms with Crippen molar-refractivity contribution in [2.75, 3.05) is 5.43 Å². The zero-order valence-corrected chi connectivity index (χ0v) is 18.0. The molecule has 1 amide bonds. The third kappa shape index (κ3) is 4.88. The minimum atomic E-state index is -0.139. The first kappa shape index (κ1) is 19.7. The number of halogens is 1. The molecule has 2 aromatic carbocycles. The van der Waals surface area contributed by atoms with Crippen LogP contribution in [0.15, 0.2) is 62.5 Å². The molecule has 0 saturated heterocycles. The summed E-state index contributed by atoms with van der Waals surface area (Å²) in [7, 11) is 0. The first-order valence-electron chi connectivity index (χ1n) is 9.99. The molecule has 1 heterocycles. The zero-order valence-electron chi connectivity index (χ0n) is 16.4. The van der Waals surface area contributed by atoms with Gasteiger partial charge < -0.3 is 9.73 Å². The Bertz CT molecular complexity index is 1080. The number of aryl methyl sites for hydroxylation is 1. The van der Waals surface area contributed by atoms with Crippen molar-refractivity contribution in [3.05, 3.63) is 69.7 Å². The quantitative estimate of drug-likeness (QED) is 0.512. The van der Waals surface area contributed by atoms with Crippen LogP contribution >= 0.6 is 15.9 Å². The highest BCUT2D eigenvalue weighted by molar-refractivity contribution is 9.10. The van der Waals surface area contributed by atoms with Gasteiger partial charge in [-0.2, -0.15) is 0 Å². The fourth-order valence-electron chi connectivity index (χ4n) is 3.65. The van der Waals surface area contributed by atoms with Crippen LogP contribution in [0.3, 0.4) is 0 Å². The van der Waals surface area contributed by atoms with Crippen molar-refractivity contribution in [3.8, 4) is 0 Å². The summed E-state index contributed by atoms with van der Waals surface area (Å²) in [5.74, 6) is -0.139. The molecule has 1 saturated carbocycles. The molecule has 0 unspecified atom stereocenters. The van der Waals surface area contributed by atoms with Gasteiger partial charge in [0.15, 0.2) is 0 Å². The largest absolute Gasteiger partial charge is 0.436 e. The Kier molecular flexibility index (Phi) is 6.00. The molecule has 1 aromatic heterocycles. The number of rotatable bonds is 4. The summed E-state index contributed by atoms with van der Waals surface area (Å²) in [6, 6.07) is 15.7. The van der Waals surface area contributed by atoms with Crippen molar-refractivity contribution in [3.63, 3.8) is 0 Å². The van der Waals surface area contributed by atoms with E-state index in [1.807, 2.05) is 55.5 Å². The second-order valence-electron chi connectivity index (χ2n) is 7.55. The molecule has 0 bridgehead atoms. The van der Waals surface area contributed by atoms with Crippen molar-refractivity contribution >= 4 is 38.5 Å². The van der Waals surface area contributed by atoms with Gasteiger partial charge in [0.1, 0.15) is 11.1 Å². The Morgan fingerprint density at radius 1 is 1.07 bits per heavy atom. The van der Waals surface area contributed by atoms with Crippen molar-refractivity contribution in [1.82, 2.24) is 5.32 Å². The topological polar surface area (TPSA) is 66.6 Å². The Hall–Kier alpha value is -2.60. The molecule has 1 aliphatic rings. The van der Waals surface area contributed by atoms with Crippen molar-refractivity contribution < 1.29 is 9.21 Å². The van der Waals surface area contributed by atoms with Crippen molar-refractivity contribution in [1.29, 1.82) is 0 Å². The first-order chi connectivity index (χ1) is 14.1. The van der Waals surface area contributed by atoms with Crippen LogP contribution < -0.4 is 16.3 Å². The van der Waals surface area contributed by atoms with Crippen molar-refractivity contribution in [2.45, 2.75) is 45.1 Å². The van der Waals surface area contributed by atoms with Gasteiger partial charge in [-0.15, -0.1) is 5.10 Å². The van der Waals surface area contributed by atoms with Gasteiger partial charge in [-0.3, -0.25) is 10.2 Å². The SMILES string of the molecule is Cc1ccc2oc(=NNc3ccc(Br)cc3)c(C(=O)NC3CCCCC3)cc2c1. The highest BCUT2D eigenvalue weighted by Gasteiger charge is 2.19. The lowest BCUT2D eigenvalue weighted by atomic mass is 9.95. The number of nitrogens with zero attached hydrogens (tertiary/aromatic N) is 1. The third-order valence-corrected chi connectivity index (χ3v) is 5.75. The summed E-state index contributed by atoms with van der Waals surface area (Å²) < 4.78 is 6.99. The van der Waals surface area contributed by atoms with Crippen LogP contribution in [-0.2, 0) is 0 Å². The number of carbonyl (C=O) groups excluding carboxylic acids is 1. The molecule has 2 N–H and O–H groups in total. The predicted octanol–water partition coefficient (Wildman–Crippen LogP) is 5.49. The van der Waals surface area contributed by atoms with E-state index in [1.165, 1.54) is 6.42 Å². The van der Waals surface area contributed by atoms with Gasteiger partial charge in [-0.05, 0) is 62.2 Å². The molecule has 0 aliphatic heterocycles. The maximum Gasteiger partial charge on any atom is 0.257 e. The second-order valence-corrected chi connectivity index (χ2v) is 8.46. The van der Waals surface area contributed by atoms with E-state index in [0.717, 1.165) is 46.8 Å². The van der Waals surface area contributed by atoms with E-state index in [2.05, 4.69) is 31.8 Å². The Labute approximate surface area is 178 Å². The summed E-state index contributed by atoms with van der Waals surface area (Å²) in [5.41, 5.74) is 6.33. The lowest BCUT2D eigenvalue weighted by Gasteiger charge is -2.22. The van der Waals surface area contributed by atoms with Crippen LogP contribution in [0.2, 0.25) is 0 Å². The number of fused-ring (bicyclic) bond motifs is 1. The average molecular weight is 454 g/mol. The lowest BCUT2D eigenvalue weighted by Crippen LogP contribution is -2.38. The molecule has 0 radical (unpaired) electrons. The molecule has 1 aliphatic carbocycles. The van der Waals surface area contributed by atoms with Crippen molar-refractivity contribution in [2.24, 2.45) is 5.10 Å². The molecule has 3 aromatic rings. The molecule has 0 spiro atoms. The Morgan fingerprint density at radius 3 is 2.59 bits per heavy atom. The summed E-state index contributed by atoms with van der Waals surface area (Å²) in [5, 5.41) is 8.46. The minimum Gasteiger partial charge on any atom is -0.436 e. The number of benzene rings is 2. The van der Waals surface area contributed by atoms with E-state index in [9.17, 15) is 4.79 Å². The summed E-state index contributed by atoms with van der Waals surface area (Å²) in [6.45, 7) is 2.02. The predicted molar refractivity (Wildman–Crippen MR) is 119 cm³/mol. The van der Waals surface area contributed by atoms with Gasteiger partial charge in [-0.25, -0.2) is 0 Å². The molecule has 5 nitrogen and oxygen atoms in total. The molecule has 150 valence electrons.